The second-order valence-corrected chi connectivity index (χ2v) is 7.02. The van der Waals surface area contributed by atoms with Crippen LogP contribution >= 0.6 is 0 Å². The zero-order chi connectivity index (χ0) is 20.3. The molecule has 3 heterocycles. The van der Waals surface area contributed by atoms with E-state index < -0.39 is 6.04 Å². The largest absolute Gasteiger partial charge is 0.464 e. The maximum Gasteiger partial charge on any atom is 0.328 e. The van der Waals surface area contributed by atoms with Crippen molar-refractivity contribution in [3.63, 3.8) is 0 Å². The van der Waals surface area contributed by atoms with Crippen LogP contribution in [0, 0.1) is 25.2 Å². The molecule has 8 nitrogen and oxygen atoms in total. The molecule has 0 aromatic carbocycles. The smallest absolute Gasteiger partial charge is 0.328 e. The summed E-state index contributed by atoms with van der Waals surface area (Å²) in [5.74, 6) is -0.360. The van der Waals surface area contributed by atoms with Crippen LogP contribution in [0.1, 0.15) is 55.1 Å². The highest BCUT2D eigenvalue weighted by molar-refractivity contribution is 5.85. The number of carbonyl (C=O) groups excluding carboxylic acids is 2. The molecule has 3 rings (SSSR count). The van der Waals surface area contributed by atoms with Crippen molar-refractivity contribution in [2.45, 2.75) is 58.9 Å². The number of hydrogen-bond acceptors (Lipinski definition) is 6. The average Bonchev–Trinajstić information content (AvgIpc) is 3.10. The molecule has 0 bridgehead atoms. The predicted molar refractivity (Wildman–Crippen MR) is 101 cm³/mol. The number of rotatable bonds is 5. The number of carbonyl (C=O) groups is 2. The Hall–Kier alpha value is -2.95. The lowest BCUT2D eigenvalue weighted by Gasteiger charge is -2.34. The van der Waals surface area contributed by atoms with Crippen molar-refractivity contribution >= 4 is 17.5 Å². The summed E-state index contributed by atoms with van der Waals surface area (Å²) in [5.41, 5.74) is 3.57. The van der Waals surface area contributed by atoms with Gasteiger partial charge in [-0.05, 0) is 52.0 Å². The zero-order valence-corrected chi connectivity index (χ0v) is 16.6. The van der Waals surface area contributed by atoms with E-state index in [4.69, 9.17) is 4.74 Å². The molecule has 2 aromatic heterocycles. The van der Waals surface area contributed by atoms with Gasteiger partial charge >= 0.3 is 5.97 Å². The van der Waals surface area contributed by atoms with Gasteiger partial charge in [0.05, 0.1) is 12.8 Å². The predicted octanol–water partition coefficient (Wildman–Crippen LogP) is 2.09. The van der Waals surface area contributed by atoms with Crippen LogP contribution in [0.2, 0.25) is 0 Å². The van der Waals surface area contributed by atoms with E-state index in [1.807, 2.05) is 13.8 Å². The average molecular weight is 383 g/mol. The number of piperidine rings is 1. The Labute approximate surface area is 164 Å². The minimum absolute atomic E-state index is 0.0465. The normalized spacial score (nSPS) is 16.8. The Morgan fingerprint density at radius 3 is 2.86 bits per heavy atom. The van der Waals surface area contributed by atoms with Gasteiger partial charge in [0, 0.05) is 24.4 Å². The molecule has 0 N–H and O–H groups in total. The highest BCUT2D eigenvalue weighted by Gasteiger charge is 2.33. The molecular formula is C20H25N5O3. The van der Waals surface area contributed by atoms with Crippen LogP contribution in [-0.4, -0.2) is 50.6 Å². The van der Waals surface area contributed by atoms with E-state index in [1.54, 1.807) is 16.3 Å². The molecule has 8 heteroatoms. The molecule has 0 saturated carbocycles. The Morgan fingerprint density at radius 1 is 1.36 bits per heavy atom. The van der Waals surface area contributed by atoms with Gasteiger partial charge in [-0.25, -0.2) is 14.3 Å². The molecule has 0 radical (unpaired) electrons. The number of ether oxygens (including phenoxy) is 1. The number of nitrogens with zero attached hydrogens (tertiary/aromatic N) is 5. The Bertz CT molecular complexity index is 943. The van der Waals surface area contributed by atoms with Crippen molar-refractivity contribution in [1.29, 1.82) is 5.26 Å². The van der Waals surface area contributed by atoms with Gasteiger partial charge < -0.3 is 9.64 Å². The topological polar surface area (TPSA) is 101 Å². The minimum Gasteiger partial charge on any atom is -0.464 e. The Balaban J connectivity index is 1.77. The summed E-state index contributed by atoms with van der Waals surface area (Å²) in [4.78, 5) is 31.2. The fourth-order valence-electron chi connectivity index (χ4n) is 3.84. The second kappa shape index (κ2) is 8.38. The summed E-state index contributed by atoms with van der Waals surface area (Å²) in [7, 11) is 0. The first kappa shape index (κ1) is 19.8. The lowest BCUT2D eigenvalue weighted by Crippen LogP contribution is -2.48. The van der Waals surface area contributed by atoms with Crippen molar-refractivity contribution in [1.82, 2.24) is 19.5 Å². The molecule has 0 aliphatic carbocycles. The molecule has 1 amide bonds. The van der Waals surface area contributed by atoms with Gasteiger partial charge in [0.1, 0.15) is 17.7 Å². The van der Waals surface area contributed by atoms with Crippen LogP contribution < -0.4 is 0 Å². The molecule has 2 aromatic rings. The van der Waals surface area contributed by atoms with Crippen molar-refractivity contribution < 1.29 is 14.3 Å². The maximum absolute atomic E-state index is 12.9. The van der Waals surface area contributed by atoms with Gasteiger partial charge in [0.15, 0.2) is 5.65 Å². The number of nitriles is 1. The van der Waals surface area contributed by atoms with Crippen LogP contribution in [0.5, 0.6) is 0 Å². The SMILES string of the molecule is CCOC(=O)[C@@H]1CCCCN1C(=O)CCc1c(C)nc2c(C#N)cnn2c1C. The molecule has 0 unspecified atom stereocenters. The maximum atomic E-state index is 12.9. The molecule has 1 aliphatic rings. The van der Waals surface area contributed by atoms with Gasteiger partial charge in [0.25, 0.3) is 0 Å². The van der Waals surface area contributed by atoms with E-state index >= 15 is 0 Å². The number of amides is 1. The first-order chi connectivity index (χ1) is 13.5. The van der Waals surface area contributed by atoms with E-state index in [9.17, 15) is 14.9 Å². The van der Waals surface area contributed by atoms with Gasteiger partial charge in [-0.3, -0.25) is 4.79 Å². The van der Waals surface area contributed by atoms with E-state index in [1.165, 1.54) is 6.20 Å². The fraction of sp³-hybridized carbons (Fsp3) is 0.550. The van der Waals surface area contributed by atoms with Crippen molar-refractivity contribution in [3.8, 4) is 6.07 Å². The number of hydrogen-bond donors (Lipinski definition) is 0. The minimum atomic E-state index is -0.478. The summed E-state index contributed by atoms with van der Waals surface area (Å²) >= 11 is 0. The molecule has 1 fully saturated rings. The Morgan fingerprint density at radius 2 is 2.14 bits per heavy atom. The van der Waals surface area contributed by atoms with Crippen LogP contribution in [0.25, 0.3) is 5.65 Å². The number of likely N-dealkylation sites (tertiary alicyclic amines) is 1. The van der Waals surface area contributed by atoms with Crippen LogP contribution in [0.4, 0.5) is 0 Å². The molecule has 28 heavy (non-hydrogen) atoms. The lowest BCUT2D eigenvalue weighted by molar-refractivity contribution is -0.156. The van der Waals surface area contributed by atoms with E-state index in [0.29, 0.717) is 37.2 Å². The second-order valence-electron chi connectivity index (χ2n) is 7.02. The zero-order valence-electron chi connectivity index (χ0n) is 16.6. The highest BCUT2D eigenvalue weighted by Crippen LogP contribution is 2.22. The van der Waals surface area contributed by atoms with E-state index in [-0.39, 0.29) is 18.3 Å². The van der Waals surface area contributed by atoms with Gasteiger partial charge in [0.2, 0.25) is 5.91 Å². The van der Waals surface area contributed by atoms with E-state index in [2.05, 4.69) is 16.2 Å². The highest BCUT2D eigenvalue weighted by atomic mass is 16.5. The quantitative estimate of drug-likeness (QED) is 0.733. The van der Waals surface area contributed by atoms with Gasteiger partial charge in [-0.1, -0.05) is 0 Å². The summed E-state index contributed by atoms with van der Waals surface area (Å²) in [6.07, 6.45) is 4.77. The summed E-state index contributed by atoms with van der Waals surface area (Å²) < 4.78 is 6.79. The van der Waals surface area contributed by atoms with Gasteiger partial charge in [-0.15, -0.1) is 0 Å². The standard InChI is InChI=1S/C20H25N5O3/c1-4-28-20(27)17-7-5-6-10-24(17)18(26)9-8-16-13(2)23-19-15(11-21)12-22-25(19)14(16)3/h12,17H,4-10H2,1-3H3/t17-/m0/s1. The number of aromatic nitrogens is 3. The molecule has 0 spiro atoms. The summed E-state index contributed by atoms with van der Waals surface area (Å²) in [6.45, 7) is 6.47. The van der Waals surface area contributed by atoms with Gasteiger partial charge in [-0.2, -0.15) is 10.4 Å². The monoisotopic (exact) mass is 383 g/mol. The van der Waals surface area contributed by atoms with Crippen LogP contribution in [0.3, 0.4) is 0 Å². The first-order valence-corrected chi connectivity index (χ1v) is 9.68. The van der Waals surface area contributed by atoms with Crippen LogP contribution in [0.15, 0.2) is 6.20 Å². The molecule has 1 aliphatic heterocycles. The van der Waals surface area contributed by atoms with E-state index in [0.717, 1.165) is 29.8 Å². The van der Waals surface area contributed by atoms with Crippen molar-refractivity contribution in [2.24, 2.45) is 0 Å². The summed E-state index contributed by atoms with van der Waals surface area (Å²) in [5, 5.41) is 13.4. The number of aryl methyl sites for hydroxylation is 2. The Kier molecular flexibility index (Phi) is 5.93. The molecular weight excluding hydrogens is 358 g/mol. The number of fused-ring (bicyclic) bond motifs is 1. The first-order valence-electron chi connectivity index (χ1n) is 9.68. The van der Waals surface area contributed by atoms with Crippen molar-refractivity contribution in [3.05, 3.63) is 28.7 Å². The third-order valence-electron chi connectivity index (χ3n) is 5.30. The molecule has 1 atom stereocenters. The third kappa shape index (κ3) is 3.70. The van der Waals surface area contributed by atoms with Crippen molar-refractivity contribution in [2.75, 3.05) is 13.2 Å². The molecule has 1 saturated heterocycles. The summed E-state index contributed by atoms with van der Waals surface area (Å²) in [6, 6.07) is 1.61. The number of esters is 1. The lowest BCUT2D eigenvalue weighted by atomic mass is 10.00. The molecule has 148 valence electrons. The van der Waals surface area contributed by atoms with Crippen LogP contribution in [-0.2, 0) is 20.7 Å². The fourth-order valence-corrected chi connectivity index (χ4v) is 3.84. The third-order valence-corrected chi connectivity index (χ3v) is 5.30.